The molecule has 3 aromatic carbocycles. The Hall–Kier alpha value is -4.79. The molecular weight excluding hydrogens is 523 g/mol. The predicted molar refractivity (Wildman–Crippen MR) is 157 cm³/mol. The van der Waals surface area contributed by atoms with Gasteiger partial charge in [0, 0.05) is 37.6 Å². The Morgan fingerprint density at radius 2 is 1.51 bits per heavy atom. The number of amides is 3. The van der Waals surface area contributed by atoms with Gasteiger partial charge in [-0.1, -0.05) is 12.1 Å². The van der Waals surface area contributed by atoms with E-state index in [4.69, 9.17) is 9.47 Å². The van der Waals surface area contributed by atoms with Crippen LogP contribution in [0.4, 0.5) is 14.9 Å². The molecule has 1 N–H and O–H groups in total. The van der Waals surface area contributed by atoms with Crippen molar-refractivity contribution in [3.8, 4) is 28.4 Å². The maximum atomic E-state index is 15.0. The fourth-order valence-corrected chi connectivity index (χ4v) is 5.03. The largest absolute Gasteiger partial charge is 0.497 e. The number of hydrogen-bond acceptors (Lipinski definition) is 4. The number of carbonyl (C=O) groups is 2. The zero-order chi connectivity index (χ0) is 28.9. The van der Waals surface area contributed by atoms with Crippen molar-refractivity contribution in [1.29, 1.82) is 0 Å². The molecule has 0 saturated carbocycles. The number of anilines is 1. The number of ether oxygens (including phenoxy) is 2. The first-order chi connectivity index (χ1) is 19.9. The second kappa shape index (κ2) is 12.2. The first-order valence-corrected chi connectivity index (χ1v) is 13.6. The molecule has 3 amide bonds. The average Bonchev–Trinajstić information content (AvgIpc) is 3.34. The van der Waals surface area contributed by atoms with Gasteiger partial charge in [0.15, 0.2) is 0 Å². The molecule has 0 bridgehead atoms. The summed E-state index contributed by atoms with van der Waals surface area (Å²) in [6.45, 7) is 5.88. The number of urea groups is 1. The summed E-state index contributed by atoms with van der Waals surface area (Å²) in [5, 5.41) is 2.91. The number of aromatic nitrogens is 1. The zero-order valence-electron chi connectivity index (χ0n) is 23.4. The predicted octanol–water partition coefficient (Wildman–Crippen LogP) is 5.99. The number of piperazine rings is 1. The number of halogens is 1. The lowest BCUT2D eigenvalue weighted by molar-refractivity contribution is 0.0671. The van der Waals surface area contributed by atoms with Crippen LogP contribution >= 0.6 is 0 Å². The lowest BCUT2D eigenvalue weighted by Crippen LogP contribution is -2.51. The third-order valence-corrected chi connectivity index (χ3v) is 7.23. The van der Waals surface area contributed by atoms with E-state index in [0.29, 0.717) is 66.9 Å². The van der Waals surface area contributed by atoms with Crippen molar-refractivity contribution >= 4 is 17.6 Å². The molecule has 0 spiro atoms. The Morgan fingerprint density at radius 1 is 0.878 bits per heavy atom. The SMILES string of the molecule is CCOc1ccc(NC(=O)N2CCN(C(=O)c3cc(-c4ccc(OC)cc4)n(-c4ccccc4F)c3C)CC2)cc1. The number of methoxy groups -OCH3 is 1. The summed E-state index contributed by atoms with van der Waals surface area (Å²) in [5.41, 5.74) is 3.70. The Bertz CT molecular complexity index is 1520. The maximum absolute atomic E-state index is 15.0. The first-order valence-electron chi connectivity index (χ1n) is 13.6. The van der Waals surface area contributed by atoms with Crippen molar-refractivity contribution < 1.29 is 23.5 Å². The second-order valence-electron chi connectivity index (χ2n) is 9.71. The number of nitrogens with zero attached hydrogens (tertiary/aromatic N) is 3. The van der Waals surface area contributed by atoms with Crippen LogP contribution in [0.15, 0.2) is 78.9 Å². The van der Waals surface area contributed by atoms with E-state index in [9.17, 15) is 14.0 Å². The number of para-hydroxylation sites is 1. The highest BCUT2D eigenvalue weighted by atomic mass is 19.1. The van der Waals surface area contributed by atoms with E-state index in [1.54, 1.807) is 51.8 Å². The monoisotopic (exact) mass is 556 g/mol. The van der Waals surface area contributed by atoms with Crippen molar-refractivity contribution in [2.75, 3.05) is 45.2 Å². The van der Waals surface area contributed by atoms with Gasteiger partial charge in [0.2, 0.25) is 0 Å². The van der Waals surface area contributed by atoms with Crippen molar-refractivity contribution in [3.05, 3.63) is 95.9 Å². The molecule has 5 rings (SSSR count). The highest BCUT2D eigenvalue weighted by molar-refractivity contribution is 5.98. The van der Waals surface area contributed by atoms with Crippen LogP contribution < -0.4 is 14.8 Å². The average molecular weight is 557 g/mol. The fraction of sp³-hybridized carbons (Fsp3) is 0.250. The van der Waals surface area contributed by atoms with E-state index < -0.39 is 0 Å². The minimum atomic E-state index is -0.382. The van der Waals surface area contributed by atoms with Crippen LogP contribution in [0.5, 0.6) is 11.5 Å². The molecule has 1 aliphatic heterocycles. The Balaban J connectivity index is 1.33. The van der Waals surface area contributed by atoms with Gasteiger partial charge in [0.1, 0.15) is 17.3 Å². The Kier molecular flexibility index (Phi) is 8.24. The smallest absolute Gasteiger partial charge is 0.321 e. The fourth-order valence-electron chi connectivity index (χ4n) is 5.03. The second-order valence-corrected chi connectivity index (χ2v) is 9.71. The normalized spacial score (nSPS) is 13.2. The molecule has 0 unspecified atom stereocenters. The van der Waals surface area contributed by atoms with E-state index in [-0.39, 0.29) is 17.8 Å². The van der Waals surface area contributed by atoms with E-state index in [1.807, 2.05) is 56.3 Å². The van der Waals surface area contributed by atoms with E-state index in [0.717, 1.165) is 11.3 Å². The molecule has 0 aliphatic carbocycles. The zero-order valence-corrected chi connectivity index (χ0v) is 23.4. The molecule has 41 heavy (non-hydrogen) atoms. The van der Waals surface area contributed by atoms with Gasteiger partial charge in [-0.25, -0.2) is 9.18 Å². The molecule has 1 aliphatic rings. The summed E-state index contributed by atoms with van der Waals surface area (Å²) < 4.78 is 27.5. The van der Waals surface area contributed by atoms with Crippen molar-refractivity contribution in [2.24, 2.45) is 0 Å². The van der Waals surface area contributed by atoms with Gasteiger partial charge in [-0.3, -0.25) is 4.79 Å². The maximum Gasteiger partial charge on any atom is 0.321 e. The van der Waals surface area contributed by atoms with Gasteiger partial charge in [0.25, 0.3) is 5.91 Å². The summed E-state index contributed by atoms with van der Waals surface area (Å²) in [5.74, 6) is 0.910. The number of hydrogen-bond donors (Lipinski definition) is 1. The van der Waals surface area contributed by atoms with Crippen LogP contribution in [0.2, 0.25) is 0 Å². The molecule has 4 aromatic rings. The molecule has 0 atom stereocenters. The van der Waals surface area contributed by atoms with Crippen LogP contribution in [-0.2, 0) is 0 Å². The van der Waals surface area contributed by atoms with Crippen LogP contribution in [0, 0.1) is 12.7 Å². The summed E-state index contributed by atoms with van der Waals surface area (Å²) in [7, 11) is 1.60. The molecule has 1 aromatic heterocycles. The quantitative estimate of drug-likeness (QED) is 0.304. The summed E-state index contributed by atoms with van der Waals surface area (Å²) in [6, 6.07) is 22.8. The number of benzene rings is 3. The highest BCUT2D eigenvalue weighted by Gasteiger charge is 2.28. The summed E-state index contributed by atoms with van der Waals surface area (Å²) >= 11 is 0. The summed E-state index contributed by atoms with van der Waals surface area (Å²) in [4.78, 5) is 30.0. The molecule has 1 saturated heterocycles. The topological polar surface area (TPSA) is 76.0 Å². The Morgan fingerprint density at radius 3 is 2.15 bits per heavy atom. The number of carbonyl (C=O) groups excluding carboxylic acids is 2. The van der Waals surface area contributed by atoms with Gasteiger partial charge in [0.05, 0.1) is 30.7 Å². The van der Waals surface area contributed by atoms with Crippen LogP contribution in [0.3, 0.4) is 0 Å². The molecule has 9 heteroatoms. The van der Waals surface area contributed by atoms with E-state index in [1.165, 1.54) is 6.07 Å². The molecule has 8 nitrogen and oxygen atoms in total. The number of rotatable bonds is 7. The molecule has 212 valence electrons. The third kappa shape index (κ3) is 5.89. The molecule has 1 fully saturated rings. The van der Waals surface area contributed by atoms with Crippen LogP contribution in [-0.4, -0.2) is 66.2 Å². The highest BCUT2D eigenvalue weighted by Crippen LogP contribution is 2.32. The molecule has 0 radical (unpaired) electrons. The van der Waals surface area contributed by atoms with E-state index >= 15 is 0 Å². The third-order valence-electron chi connectivity index (χ3n) is 7.23. The molecular formula is C32H33FN4O4. The van der Waals surface area contributed by atoms with Crippen LogP contribution in [0.25, 0.3) is 16.9 Å². The first kappa shape index (κ1) is 27.8. The summed E-state index contributed by atoms with van der Waals surface area (Å²) in [6.07, 6.45) is 0. The van der Waals surface area contributed by atoms with Crippen molar-refractivity contribution in [3.63, 3.8) is 0 Å². The van der Waals surface area contributed by atoms with Crippen LogP contribution in [0.1, 0.15) is 23.0 Å². The standard InChI is InChI=1S/C32H33FN4O4/c1-4-41-26-15-11-24(12-16-26)34-32(39)36-19-17-35(18-20-36)31(38)27-21-30(23-9-13-25(40-3)14-10-23)37(22(27)2)29-8-6-5-7-28(29)33/h5-16,21H,4,17-20H2,1-3H3,(H,34,39). The minimum Gasteiger partial charge on any atom is -0.497 e. The van der Waals surface area contributed by atoms with Gasteiger partial charge < -0.3 is 29.2 Å². The molecule has 2 heterocycles. The lowest BCUT2D eigenvalue weighted by atomic mass is 10.1. The van der Waals surface area contributed by atoms with Gasteiger partial charge in [-0.05, 0) is 86.1 Å². The van der Waals surface area contributed by atoms with Gasteiger partial charge in [-0.2, -0.15) is 0 Å². The lowest BCUT2D eigenvalue weighted by Gasteiger charge is -2.34. The van der Waals surface area contributed by atoms with Crippen molar-refractivity contribution in [2.45, 2.75) is 13.8 Å². The van der Waals surface area contributed by atoms with Gasteiger partial charge in [-0.15, -0.1) is 0 Å². The Labute approximate surface area is 238 Å². The van der Waals surface area contributed by atoms with Crippen molar-refractivity contribution in [1.82, 2.24) is 14.4 Å². The van der Waals surface area contributed by atoms with Gasteiger partial charge >= 0.3 is 6.03 Å². The minimum absolute atomic E-state index is 0.154. The number of nitrogens with one attached hydrogen (secondary N) is 1. The van der Waals surface area contributed by atoms with E-state index in [2.05, 4.69) is 5.32 Å².